The summed E-state index contributed by atoms with van der Waals surface area (Å²) in [5.74, 6) is -1.11. The fourth-order valence-electron chi connectivity index (χ4n) is 3.10. The van der Waals surface area contributed by atoms with Crippen LogP contribution < -0.4 is 15.5 Å². The first-order valence-electron chi connectivity index (χ1n) is 9.49. The summed E-state index contributed by atoms with van der Waals surface area (Å²) >= 11 is 0. The van der Waals surface area contributed by atoms with Crippen molar-refractivity contribution in [2.75, 3.05) is 24.5 Å². The number of amides is 2. The van der Waals surface area contributed by atoms with Crippen molar-refractivity contribution in [2.24, 2.45) is 0 Å². The van der Waals surface area contributed by atoms with Gasteiger partial charge in [-0.25, -0.2) is 0 Å². The highest BCUT2D eigenvalue weighted by molar-refractivity contribution is 6.35. The van der Waals surface area contributed by atoms with Gasteiger partial charge in [-0.2, -0.15) is 0 Å². The zero-order chi connectivity index (χ0) is 18.1. The molecule has 1 aliphatic heterocycles. The summed E-state index contributed by atoms with van der Waals surface area (Å²) in [6, 6.07) is 8.73. The minimum atomic E-state index is -0.559. The minimum Gasteiger partial charge on any atom is -0.372 e. The molecule has 0 aliphatic carbocycles. The minimum absolute atomic E-state index is 0.0269. The van der Waals surface area contributed by atoms with Gasteiger partial charge in [-0.3, -0.25) is 9.59 Å². The quantitative estimate of drug-likeness (QED) is 0.615. The highest BCUT2D eigenvalue weighted by Gasteiger charge is 2.13. The lowest BCUT2D eigenvalue weighted by atomic mass is 10.1. The fraction of sp³-hybridized carbons (Fsp3) is 0.600. The first kappa shape index (κ1) is 19.3. The Bertz CT molecular complexity index is 547. The largest absolute Gasteiger partial charge is 0.372 e. The molecule has 0 atom stereocenters. The SMILES string of the molecule is CC(C)NC(=O)C(=O)NCCCc1ccc(N2CCCCCC2)cc1. The second-order valence-corrected chi connectivity index (χ2v) is 7.06. The summed E-state index contributed by atoms with van der Waals surface area (Å²) < 4.78 is 0. The van der Waals surface area contributed by atoms with Crippen molar-refractivity contribution >= 4 is 17.5 Å². The zero-order valence-electron chi connectivity index (χ0n) is 15.5. The van der Waals surface area contributed by atoms with Gasteiger partial charge in [0.15, 0.2) is 0 Å². The molecule has 0 radical (unpaired) electrons. The van der Waals surface area contributed by atoms with E-state index in [-0.39, 0.29) is 6.04 Å². The number of benzene rings is 1. The Labute approximate surface area is 151 Å². The van der Waals surface area contributed by atoms with Crippen LogP contribution in [-0.4, -0.2) is 37.5 Å². The summed E-state index contributed by atoms with van der Waals surface area (Å²) in [5, 5.41) is 5.26. The van der Waals surface area contributed by atoms with Crippen molar-refractivity contribution in [1.29, 1.82) is 0 Å². The third kappa shape index (κ3) is 6.77. The van der Waals surface area contributed by atoms with Crippen molar-refractivity contribution in [3.05, 3.63) is 29.8 Å². The molecule has 0 aromatic heterocycles. The van der Waals surface area contributed by atoms with Gasteiger partial charge in [0.1, 0.15) is 0 Å². The topological polar surface area (TPSA) is 61.4 Å². The molecule has 1 aliphatic rings. The van der Waals surface area contributed by atoms with E-state index in [9.17, 15) is 9.59 Å². The van der Waals surface area contributed by atoms with Gasteiger partial charge in [0.05, 0.1) is 0 Å². The molecular formula is C20H31N3O2. The molecule has 1 aromatic carbocycles. The van der Waals surface area contributed by atoms with E-state index >= 15 is 0 Å². The Morgan fingerprint density at radius 2 is 1.64 bits per heavy atom. The molecule has 2 rings (SSSR count). The van der Waals surface area contributed by atoms with Crippen LogP contribution in [0, 0.1) is 0 Å². The molecule has 2 amide bonds. The van der Waals surface area contributed by atoms with Crippen LogP contribution in [0.3, 0.4) is 0 Å². The first-order chi connectivity index (χ1) is 12.1. The Balaban J connectivity index is 1.71. The van der Waals surface area contributed by atoms with Gasteiger partial charge in [-0.05, 0) is 57.2 Å². The third-order valence-corrected chi connectivity index (χ3v) is 4.46. The number of nitrogens with one attached hydrogen (secondary N) is 2. The summed E-state index contributed by atoms with van der Waals surface area (Å²) in [6.45, 7) is 6.49. The molecule has 2 N–H and O–H groups in total. The summed E-state index contributed by atoms with van der Waals surface area (Å²) in [4.78, 5) is 25.6. The van der Waals surface area contributed by atoms with E-state index in [1.54, 1.807) is 0 Å². The summed E-state index contributed by atoms with van der Waals surface area (Å²) in [7, 11) is 0. The number of hydrogen-bond donors (Lipinski definition) is 2. The van der Waals surface area contributed by atoms with E-state index in [4.69, 9.17) is 0 Å². The Kier molecular flexibility index (Phi) is 7.76. The maximum absolute atomic E-state index is 11.6. The highest BCUT2D eigenvalue weighted by atomic mass is 16.2. The van der Waals surface area contributed by atoms with Crippen molar-refractivity contribution in [3.63, 3.8) is 0 Å². The van der Waals surface area contributed by atoms with Crippen molar-refractivity contribution in [2.45, 2.75) is 58.4 Å². The molecule has 1 aromatic rings. The Morgan fingerprint density at radius 1 is 1.00 bits per heavy atom. The number of nitrogens with zero attached hydrogens (tertiary/aromatic N) is 1. The van der Waals surface area contributed by atoms with Crippen molar-refractivity contribution in [3.8, 4) is 0 Å². The number of carbonyl (C=O) groups excluding carboxylic acids is 2. The van der Waals surface area contributed by atoms with E-state index in [0.717, 1.165) is 25.9 Å². The van der Waals surface area contributed by atoms with Crippen LogP contribution in [0.1, 0.15) is 51.5 Å². The van der Waals surface area contributed by atoms with Crippen LogP contribution in [0.15, 0.2) is 24.3 Å². The van der Waals surface area contributed by atoms with Gasteiger partial charge in [-0.15, -0.1) is 0 Å². The third-order valence-electron chi connectivity index (χ3n) is 4.46. The van der Waals surface area contributed by atoms with Gasteiger partial charge in [0.25, 0.3) is 0 Å². The molecule has 0 bridgehead atoms. The maximum Gasteiger partial charge on any atom is 0.309 e. The van der Waals surface area contributed by atoms with Gasteiger partial charge in [0, 0.05) is 31.4 Å². The van der Waals surface area contributed by atoms with E-state index in [0.29, 0.717) is 6.54 Å². The number of aryl methyl sites for hydroxylation is 1. The molecule has 0 unspecified atom stereocenters. The maximum atomic E-state index is 11.6. The average molecular weight is 345 g/mol. The van der Waals surface area contributed by atoms with Gasteiger partial charge in [-0.1, -0.05) is 25.0 Å². The van der Waals surface area contributed by atoms with Crippen LogP contribution in [0.25, 0.3) is 0 Å². The standard InChI is InChI=1S/C20H31N3O2/c1-16(2)22-20(25)19(24)21-13-7-8-17-9-11-18(12-10-17)23-14-5-3-4-6-15-23/h9-12,16H,3-8,13-15H2,1-2H3,(H,21,24)(H,22,25). The second kappa shape index (κ2) is 10.1. The molecule has 0 spiro atoms. The average Bonchev–Trinajstić information content (AvgIpc) is 2.88. The lowest BCUT2D eigenvalue weighted by Crippen LogP contribution is -2.43. The van der Waals surface area contributed by atoms with E-state index in [1.165, 1.54) is 36.9 Å². The normalized spacial score (nSPS) is 14.9. The molecule has 1 saturated heterocycles. The van der Waals surface area contributed by atoms with Crippen molar-refractivity contribution in [1.82, 2.24) is 10.6 Å². The van der Waals surface area contributed by atoms with Crippen LogP contribution in [0.2, 0.25) is 0 Å². The molecule has 25 heavy (non-hydrogen) atoms. The van der Waals surface area contributed by atoms with E-state index in [1.807, 2.05) is 13.8 Å². The Morgan fingerprint density at radius 3 is 2.24 bits per heavy atom. The predicted molar refractivity (Wildman–Crippen MR) is 102 cm³/mol. The number of anilines is 1. The Hall–Kier alpha value is -2.04. The van der Waals surface area contributed by atoms with Crippen LogP contribution >= 0.6 is 0 Å². The number of hydrogen-bond acceptors (Lipinski definition) is 3. The van der Waals surface area contributed by atoms with Crippen molar-refractivity contribution < 1.29 is 9.59 Å². The summed E-state index contributed by atoms with van der Waals surface area (Å²) in [6.07, 6.45) is 6.97. The summed E-state index contributed by atoms with van der Waals surface area (Å²) in [5.41, 5.74) is 2.57. The number of rotatable bonds is 6. The number of carbonyl (C=O) groups is 2. The highest BCUT2D eigenvalue weighted by Crippen LogP contribution is 2.20. The smallest absolute Gasteiger partial charge is 0.309 e. The van der Waals surface area contributed by atoms with E-state index < -0.39 is 11.8 Å². The van der Waals surface area contributed by atoms with Gasteiger partial charge >= 0.3 is 11.8 Å². The fourth-order valence-corrected chi connectivity index (χ4v) is 3.10. The second-order valence-electron chi connectivity index (χ2n) is 7.06. The first-order valence-corrected chi connectivity index (χ1v) is 9.49. The van der Waals surface area contributed by atoms with Crippen LogP contribution in [0.4, 0.5) is 5.69 Å². The zero-order valence-corrected chi connectivity index (χ0v) is 15.5. The van der Waals surface area contributed by atoms with E-state index in [2.05, 4.69) is 39.8 Å². The van der Waals surface area contributed by atoms with Gasteiger partial charge < -0.3 is 15.5 Å². The molecule has 5 heteroatoms. The van der Waals surface area contributed by atoms with Gasteiger partial charge in [0.2, 0.25) is 0 Å². The molecule has 0 saturated carbocycles. The molecular weight excluding hydrogens is 314 g/mol. The molecule has 5 nitrogen and oxygen atoms in total. The predicted octanol–water partition coefficient (Wildman–Crippen LogP) is 2.64. The van der Waals surface area contributed by atoms with Crippen LogP contribution in [-0.2, 0) is 16.0 Å². The lowest BCUT2D eigenvalue weighted by Gasteiger charge is -2.22. The molecule has 1 fully saturated rings. The monoisotopic (exact) mass is 345 g/mol. The van der Waals surface area contributed by atoms with Crippen LogP contribution in [0.5, 0.6) is 0 Å². The molecule has 138 valence electrons. The lowest BCUT2D eigenvalue weighted by molar-refractivity contribution is -0.139. The molecule has 1 heterocycles.